The van der Waals surface area contributed by atoms with Crippen molar-refractivity contribution < 1.29 is 10.2 Å². The van der Waals surface area contributed by atoms with Crippen LogP contribution in [0, 0.1) is 11.8 Å². The van der Waals surface area contributed by atoms with Gasteiger partial charge in [0.1, 0.15) is 0 Å². The van der Waals surface area contributed by atoms with E-state index in [1.807, 2.05) is 4.57 Å². The average Bonchev–Trinajstić information content (AvgIpc) is 3.06. The van der Waals surface area contributed by atoms with Crippen molar-refractivity contribution in [1.82, 2.24) is 24.4 Å². The van der Waals surface area contributed by atoms with E-state index >= 15 is 0 Å². The van der Waals surface area contributed by atoms with Gasteiger partial charge in [-0.1, -0.05) is 17.7 Å². The average molecular weight is 392 g/mol. The molecule has 1 fully saturated rings. The van der Waals surface area contributed by atoms with Crippen LogP contribution < -0.4 is 15.8 Å². The zero-order valence-electron chi connectivity index (χ0n) is 15.5. The number of aliphatic hydroxyl groups is 2. The van der Waals surface area contributed by atoms with Gasteiger partial charge >= 0.3 is 0 Å². The van der Waals surface area contributed by atoms with Gasteiger partial charge in [-0.2, -0.15) is 4.98 Å². The molecule has 0 spiro atoms. The van der Waals surface area contributed by atoms with Gasteiger partial charge in [-0.3, -0.25) is 13.9 Å². The van der Waals surface area contributed by atoms with Crippen molar-refractivity contribution in [3.8, 4) is 11.8 Å². The molecule has 0 radical (unpaired) electrons. The first-order valence-electron chi connectivity index (χ1n) is 8.81. The van der Waals surface area contributed by atoms with Crippen molar-refractivity contribution in [3.63, 3.8) is 0 Å². The minimum atomic E-state index is -0.864. The monoisotopic (exact) mass is 392 g/mol. The molecule has 2 aromatic rings. The predicted octanol–water partition coefficient (Wildman–Crippen LogP) is -0.992. The molecule has 1 aliphatic rings. The molecule has 0 aliphatic carbocycles. The smallest absolute Gasteiger partial charge is 0.280 e. The molecule has 9 nitrogen and oxygen atoms in total. The van der Waals surface area contributed by atoms with Gasteiger partial charge in [0.25, 0.3) is 5.56 Å². The molecule has 10 heteroatoms. The lowest BCUT2D eigenvalue weighted by molar-refractivity contribution is 0.113. The highest BCUT2D eigenvalue weighted by Gasteiger charge is 2.23. The molecule has 1 aliphatic heterocycles. The maximum absolute atomic E-state index is 13.0. The van der Waals surface area contributed by atoms with Crippen LogP contribution in [0.4, 0.5) is 5.95 Å². The standard InChI is InChI=1S/C17H24N6O3S/c1-3-4-7-23-13-14(19-16(23)22-8-5-18-6-9-22)20-17(21(2)15(13)26)27-11-12(25)10-24/h12,18,24-25H,5-11H2,1-2H3. The third kappa shape index (κ3) is 4.11. The fourth-order valence-electron chi connectivity index (χ4n) is 2.90. The quantitative estimate of drug-likeness (QED) is 0.327. The number of thioether (sulfide) groups is 1. The van der Waals surface area contributed by atoms with Crippen LogP contribution in [-0.4, -0.2) is 74.0 Å². The molecular weight excluding hydrogens is 368 g/mol. The van der Waals surface area contributed by atoms with Gasteiger partial charge < -0.3 is 20.4 Å². The van der Waals surface area contributed by atoms with Gasteiger partial charge in [-0.25, -0.2) is 4.98 Å². The molecule has 2 aromatic heterocycles. The van der Waals surface area contributed by atoms with Crippen LogP contribution in [-0.2, 0) is 13.6 Å². The fraction of sp³-hybridized carbons (Fsp3) is 0.588. The van der Waals surface area contributed by atoms with Gasteiger partial charge in [0.2, 0.25) is 5.95 Å². The number of imidazole rings is 1. The number of hydrogen-bond donors (Lipinski definition) is 3. The van der Waals surface area contributed by atoms with Crippen LogP contribution in [0.1, 0.15) is 6.92 Å². The third-order valence-electron chi connectivity index (χ3n) is 4.35. The normalized spacial score (nSPS) is 15.6. The fourth-order valence-corrected chi connectivity index (χ4v) is 3.77. The number of piperazine rings is 1. The van der Waals surface area contributed by atoms with Crippen LogP contribution in [0.15, 0.2) is 9.95 Å². The van der Waals surface area contributed by atoms with Crippen molar-refractivity contribution in [2.45, 2.75) is 24.7 Å². The lowest BCUT2D eigenvalue weighted by Crippen LogP contribution is -2.44. The van der Waals surface area contributed by atoms with Crippen molar-refractivity contribution in [2.75, 3.05) is 43.4 Å². The predicted molar refractivity (Wildman–Crippen MR) is 105 cm³/mol. The van der Waals surface area contributed by atoms with E-state index < -0.39 is 6.10 Å². The first kappa shape index (κ1) is 19.7. The van der Waals surface area contributed by atoms with Crippen molar-refractivity contribution >= 4 is 28.9 Å². The van der Waals surface area contributed by atoms with Gasteiger partial charge in [-0.05, 0) is 6.92 Å². The van der Waals surface area contributed by atoms with Gasteiger partial charge in [-0.15, -0.1) is 5.92 Å². The number of fused-ring (bicyclic) bond motifs is 1. The van der Waals surface area contributed by atoms with Crippen LogP contribution in [0.3, 0.4) is 0 Å². The molecule has 1 unspecified atom stereocenters. The molecule has 0 bridgehead atoms. The van der Waals surface area contributed by atoms with Crippen molar-refractivity contribution in [3.05, 3.63) is 10.4 Å². The summed E-state index contributed by atoms with van der Waals surface area (Å²) in [6.45, 7) is 5.12. The lowest BCUT2D eigenvalue weighted by Gasteiger charge is -2.28. The van der Waals surface area contributed by atoms with E-state index in [9.17, 15) is 9.90 Å². The molecule has 1 saturated heterocycles. The van der Waals surface area contributed by atoms with E-state index in [2.05, 4.69) is 32.0 Å². The number of nitrogens with one attached hydrogen (secondary N) is 1. The summed E-state index contributed by atoms with van der Waals surface area (Å²) < 4.78 is 3.29. The summed E-state index contributed by atoms with van der Waals surface area (Å²) in [5.41, 5.74) is 0.610. The maximum atomic E-state index is 13.0. The molecule has 146 valence electrons. The topological polar surface area (TPSA) is 108 Å². The summed E-state index contributed by atoms with van der Waals surface area (Å²) in [6.07, 6.45) is -0.864. The summed E-state index contributed by atoms with van der Waals surface area (Å²) in [6, 6.07) is 0. The second-order valence-corrected chi connectivity index (χ2v) is 7.23. The highest BCUT2D eigenvalue weighted by atomic mass is 32.2. The molecule has 0 amide bonds. The third-order valence-corrected chi connectivity index (χ3v) is 5.53. The Morgan fingerprint density at radius 2 is 2.07 bits per heavy atom. The van der Waals surface area contributed by atoms with Crippen LogP contribution >= 0.6 is 11.8 Å². The Labute approximate surface area is 161 Å². The number of aromatic nitrogens is 4. The molecule has 3 N–H and O–H groups in total. The summed E-state index contributed by atoms with van der Waals surface area (Å²) in [4.78, 5) is 24.3. The summed E-state index contributed by atoms with van der Waals surface area (Å²) >= 11 is 1.22. The Balaban J connectivity index is 2.08. The van der Waals surface area contributed by atoms with E-state index in [1.165, 1.54) is 16.3 Å². The van der Waals surface area contributed by atoms with Crippen LogP contribution in [0.2, 0.25) is 0 Å². The second-order valence-electron chi connectivity index (χ2n) is 6.24. The molecule has 3 heterocycles. The summed E-state index contributed by atoms with van der Waals surface area (Å²) in [5.74, 6) is 6.84. The Hall–Kier alpha value is -2.06. The molecule has 0 aromatic carbocycles. The number of nitrogens with zero attached hydrogens (tertiary/aromatic N) is 5. The van der Waals surface area contributed by atoms with E-state index in [4.69, 9.17) is 5.11 Å². The second kappa shape index (κ2) is 8.75. The number of hydrogen-bond acceptors (Lipinski definition) is 8. The largest absolute Gasteiger partial charge is 0.394 e. The van der Waals surface area contributed by atoms with E-state index in [0.717, 1.165) is 26.2 Å². The highest BCUT2D eigenvalue weighted by molar-refractivity contribution is 7.99. The molecule has 1 atom stereocenters. The number of rotatable bonds is 6. The lowest BCUT2D eigenvalue weighted by atomic mass is 10.4. The summed E-state index contributed by atoms with van der Waals surface area (Å²) in [5, 5.41) is 22.3. The highest BCUT2D eigenvalue weighted by Crippen LogP contribution is 2.22. The zero-order valence-corrected chi connectivity index (χ0v) is 16.3. The first-order chi connectivity index (χ1) is 13.1. The van der Waals surface area contributed by atoms with Crippen molar-refractivity contribution in [1.29, 1.82) is 0 Å². The van der Waals surface area contributed by atoms with Gasteiger partial charge in [0.15, 0.2) is 16.3 Å². The molecule has 27 heavy (non-hydrogen) atoms. The van der Waals surface area contributed by atoms with E-state index in [0.29, 0.717) is 28.8 Å². The molecular formula is C17H24N6O3S. The zero-order chi connectivity index (χ0) is 19.4. The molecule has 0 saturated carbocycles. The van der Waals surface area contributed by atoms with Gasteiger partial charge in [0, 0.05) is 39.0 Å². The van der Waals surface area contributed by atoms with Crippen molar-refractivity contribution in [2.24, 2.45) is 7.05 Å². The number of anilines is 1. The Kier molecular flexibility index (Phi) is 6.38. The van der Waals surface area contributed by atoms with Crippen LogP contribution in [0.25, 0.3) is 11.2 Å². The minimum Gasteiger partial charge on any atom is -0.394 e. The SMILES string of the molecule is CC#CCn1c(N2CCNCC2)nc2nc(SCC(O)CO)n(C)c(=O)c21. The Morgan fingerprint density at radius 3 is 2.74 bits per heavy atom. The maximum Gasteiger partial charge on any atom is 0.280 e. The first-order valence-corrected chi connectivity index (χ1v) is 9.79. The molecule has 3 rings (SSSR count). The number of aliphatic hydroxyl groups excluding tert-OH is 2. The van der Waals surface area contributed by atoms with Crippen LogP contribution in [0.5, 0.6) is 0 Å². The summed E-state index contributed by atoms with van der Waals surface area (Å²) in [7, 11) is 1.65. The Morgan fingerprint density at radius 1 is 1.33 bits per heavy atom. The minimum absolute atomic E-state index is 0.201. The van der Waals surface area contributed by atoms with E-state index in [1.54, 1.807) is 14.0 Å². The van der Waals surface area contributed by atoms with Gasteiger partial charge in [0.05, 0.1) is 19.3 Å². The Bertz CT molecular complexity index is 923. The van der Waals surface area contributed by atoms with E-state index in [-0.39, 0.29) is 17.9 Å².